The smallest absolute Gasteiger partial charge is 0.335 e. The number of amides is 1. The van der Waals surface area contributed by atoms with Gasteiger partial charge in [-0.05, 0) is 85.0 Å². The first-order valence-corrected chi connectivity index (χ1v) is 20.2. The Kier molecular flexibility index (Phi) is 14.4. The summed E-state index contributed by atoms with van der Waals surface area (Å²) in [6, 6.07) is 19.5. The number of nitrogens with one attached hydrogen (secondary N) is 1. The number of aliphatic hydroxyl groups excluding tert-OH is 5. The number of aliphatic carboxylic acids is 1. The molecule has 17 heteroatoms. The lowest BCUT2D eigenvalue weighted by Crippen LogP contribution is -2.60. The van der Waals surface area contributed by atoms with Crippen LogP contribution in [0.3, 0.4) is 0 Å². The van der Waals surface area contributed by atoms with Gasteiger partial charge in [0.15, 0.2) is 12.4 Å². The number of benzene rings is 3. The van der Waals surface area contributed by atoms with Gasteiger partial charge in [-0.25, -0.2) is 22.3 Å². The van der Waals surface area contributed by atoms with Gasteiger partial charge in [0.1, 0.15) is 29.7 Å². The van der Waals surface area contributed by atoms with Crippen LogP contribution in [0, 0.1) is 11.7 Å². The summed E-state index contributed by atoms with van der Waals surface area (Å²) in [4.78, 5) is 27.4. The van der Waals surface area contributed by atoms with Crippen LogP contribution in [-0.2, 0) is 41.9 Å². The molecule has 2 aliphatic heterocycles. The number of carbonyl (C=O) groups is 2. The third-order valence-corrected chi connectivity index (χ3v) is 11.0. The number of aliphatic hydroxyl groups is 6. The number of sulfonamides is 1. The summed E-state index contributed by atoms with van der Waals surface area (Å²) in [6.45, 7) is -0.923. The van der Waals surface area contributed by atoms with Crippen molar-refractivity contribution in [3.8, 4) is 0 Å². The summed E-state index contributed by atoms with van der Waals surface area (Å²) < 4.78 is 50.6. The quantitative estimate of drug-likeness (QED) is 0.0626. The van der Waals surface area contributed by atoms with Crippen molar-refractivity contribution >= 4 is 27.6 Å². The highest BCUT2D eigenvalue weighted by Gasteiger charge is 2.50. The number of carboxylic acid groups (broad SMARTS) is 1. The number of hydrogen-bond donors (Lipinski definition) is 8. The fourth-order valence-electron chi connectivity index (χ4n) is 6.99. The lowest BCUT2D eigenvalue weighted by Gasteiger charge is -2.48. The number of ether oxygens (including phenoxy) is 2. The molecule has 2 saturated heterocycles. The summed E-state index contributed by atoms with van der Waals surface area (Å²) in [7, 11) is -3.31. The van der Waals surface area contributed by atoms with Gasteiger partial charge in [0.2, 0.25) is 15.9 Å². The van der Waals surface area contributed by atoms with E-state index in [4.69, 9.17) is 9.47 Å². The van der Waals surface area contributed by atoms with Crippen LogP contribution in [0.4, 0.5) is 10.1 Å². The molecule has 0 aliphatic carbocycles. The number of carbonyl (C=O) groups excluding carboxylic acids is 1. The van der Waals surface area contributed by atoms with E-state index < -0.39 is 89.4 Å². The Labute approximate surface area is 324 Å². The molecular formula is C39H49FN2O13S. The molecule has 0 saturated carbocycles. The predicted octanol–water partition coefficient (Wildman–Crippen LogP) is 1.09. The van der Waals surface area contributed by atoms with E-state index in [9.17, 15) is 58.1 Å². The zero-order valence-electron chi connectivity index (χ0n) is 30.7. The number of carboxylic acids is 1. The molecule has 2 fully saturated rings. The molecule has 2 aliphatic rings. The number of hydrogen-bond acceptors (Lipinski definition) is 12. The van der Waals surface area contributed by atoms with E-state index in [-0.39, 0.29) is 31.7 Å². The van der Waals surface area contributed by atoms with E-state index in [0.717, 1.165) is 22.9 Å². The monoisotopic (exact) mass is 804 g/mol. The molecule has 15 nitrogen and oxygen atoms in total. The van der Waals surface area contributed by atoms with Crippen LogP contribution < -0.4 is 9.62 Å². The van der Waals surface area contributed by atoms with Crippen molar-refractivity contribution in [3.05, 3.63) is 101 Å². The van der Waals surface area contributed by atoms with Crippen LogP contribution in [0.25, 0.3) is 0 Å². The normalized spacial score (nSPS) is 24.8. The zero-order chi connectivity index (χ0) is 40.8. The Balaban J connectivity index is 1.38. The third-order valence-electron chi connectivity index (χ3n) is 10.3. The van der Waals surface area contributed by atoms with Crippen molar-refractivity contribution in [2.24, 2.45) is 5.92 Å². The second-order valence-electron chi connectivity index (χ2n) is 14.5. The predicted molar refractivity (Wildman–Crippen MR) is 199 cm³/mol. The third kappa shape index (κ3) is 10.5. The fraction of sp³-hybridized carbons (Fsp3) is 0.487. The van der Waals surface area contributed by atoms with Gasteiger partial charge in [0.25, 0.3) is 0 Å². The molecular weight excluding hydrogens is 755 g/mol. The van der Waals surface area contributed by atoms with E-state index in [1.165, 1.54) is 24.3 Å². The molecule has 56 heavy (non-hydrogen) atoms. The van der Waals surface area contributed by atoms with Crippen molar-refractivity contribution in [2.45, 2.75) is 87.0 Å². The molecule has 0 bridgehead atoms. The second-order valence-corrected chi connectivity index (χ2v) is 16.3. The van der Waals surface area contributed by atoms with Crippen LogP contribution in [-0.4, -0.2) is 118 Å². The lowest BCUT2D eigenvalue weighted by atomic mass is 9.78. The Hall–Kier alpha value is -3.88. The Morgan fingerprint density at radius 2 is 1.54 bits per heavy atom. The molecule has 8 atom stereocenters. The first-order chi connectivity index (χ1) is 26.5. The van der Waals surface area contributed by atoms with Gasteiger partial charge < -0.3 is 50.1 Å². The minimum absolute atomic E-state index is 0.106. The largest absolute Gasteiger partial charge is 0.479 e. The summed E-state index contributed by atoms with van der Waals surface area (Å²) in [5.74, 6) is -2.94. The van der Waals surface area contributed by atoms with Crippen molar-refractivity contribution in [2.75, 3.05) is 30.9 Å². The first-order valence-electron chi connectivity index (χ1n) is 18.3. The van der Waals surface area contributed by atoms with Gasteiger partial charge in [-0.2, -0.15) is 0 Å². The van der Waals surface area contributed by atoms with E-state index in [1.54, 1.807) is 4.90 Å². The van der Waals surface area contributed by atoms with E-state index in [1.807, 2.05) is 48.5 Å². The molecule has 306 valence electrons. The Bertz CT molecular complexity index is 1880. The van der Waals surface area contributed by atoms with Crippen LogP contribution in [0.2, 0.25) is 0 Å². The van der Waals surface area contributed by atoms with E-state index in [0.29, 0.717) is 30.5 Å². The summed E-state index contributed by atoms with van der Waals surface area (Å²) in [5.41, 5.74) is 1.94. The number of halogens is 1. The van der Waals surface area contributed by atoms with Crippen LogP contribution in [0.1, 0.15) is 60.1 Å². The summed E-state index contributed by atoms with van der Waals surface area (Å²) >= 11 is 0. The van der Waals surface area contributed by atoms with E-state index >= 15 is 0 Å². The topological polar surface area (TPSA) is 244 Å². The second kappa shape index (κ2) is 18.6. The van der Waals surface area contributed by atoms with Gasteiger partial charge in [-0.1, -0.05) is 48.5 Å². The highest BCUT2D eigenvalue weighted by molar-refractivity contribution is 7.88. The molecule has 0 spiro atoms. The van der Waals surface area contributed by atoms with E-state index in [2.05, 4.69) is 4.72 Å². The van der Waals surface area contributed by atoms with Gasteiger partial charge in [-0.15, -0.1) is 0 Å². The SMILES string of the molecule is CS(=O)(=O)NCCCc1ccc(N2C(=O)C(CC[C@H](O[C@@H]3O[C@H](C(=O)O)[C@@H](O)[C@H](O)[C@H]3O)c3ccc(F)cc3)[C@H]2c2ccc(CCC(O)(CO)CO)cc2)cc1. The minimum atomic E-state index is -3.31. The highest BCUT2D eigenvalue weighted by Crippen LogP contribution is 2.47. The summed E-state index contributed by atoms with van der Waals surface area (Å²) in [5, 5.41) is 70.1. The molecule has 3 aromatic carbocycles. The van der Waals surface area contributed by atoms with Gasteiger partial charge in [0.05, 0.1) is 37.5 Å². The van der Waals surface area contributed by atoms with Crippen molar-refractivity contribution in [3.63, 3.8) is 0 Å². The molecule has 1 amide bonds. The Morgan fingerprint density at radius 1 is 0.929 bits per heavy atom. The average molecular weight is 805 g/mol. The maximum atomic E-state index is 14.0. The molecule has 0 aromatic heterocycles. The molecule has 8 N–H and O–H groups in total. The number of aryl methyl sites for hydroxylation is 2. The molecule has 1 unspecified atom stereocenters. The van der Waals surface area contributed by atoms with Gasteiger partial charge in [0, 0.05) is 12.2 Å². The number of anilines is 1. The minimum Gasteiger partial charge on any atom is -0.479 e. The average Bonchev–Trinajstić information content (AvgIpc) is 3.17. The van der Waals surface area contributed by atoms with Crippen molar-refractivity contribution in [1.29, 1.82) is 0 Å². The number of nitrogens with zero attached hydrogens (tertiary/aromatic N) is 1. The lowest BCUT2D eigenvalue weighted by molar-refractivity contribution is -0.306. The maximum absolute atomic E-state index is 14.0. The molecule has 5 rings (SSSR count). The zero-order valence-corrected chi connectivity index (χ0v) is 31.5. The first kappa shape index (κ1) is 43.2. The standard InChI is InChI=1S/C39H49FN2O13S/c1-56(52,53)41-20-2-3-23-6-14-28(15-7-23)42-31(26-8-4-24(5-9-26)18-19-39(51,21-43)22-44)29(36(42)48)16-17-30(25-10-12-27(40)13-11-25)54-38-34(47)32(45)33(46)35(55-38)37(49)50/h4-15,29-35,38,41,43-47,51H,2-3,16-22H2,1H3,(H,49,50)/t29?,30-,31+,32-,33-,34+,35-,38+/m0/s1. The summed E-state index contributed by atoms with van der Waals surface area (Å²) in [6.07, 6.45) is -7.23. The fourth-order valence-corrected chi connectivity index (χ4v) is 7.50. The highest BCUT2D eigenvalue weighted by atomic mass is 32.2. The van der Waals surface area contributed by atoms with Gasteiger partial charge >= 0.3 is 5.97 Å². The number of β-lactam (4-membered cyclic amide) rings is 1. The van der Waals surface area contributed by atoms with Gasteiger partial charge in [-0.3, -0.25) is 4.79 Å². The maximum Gasteiger partial charge on any atom is 0.335 e. The molecule has 3 aromatic rings. The van der Waals surface area contributed by atoms with Crippen molar-refractivity contribution < 1.29 is 67.6 Å². The molecule has 2 heterocycles. The van der Waals surface area contributed by atoms with Crippen LogP contribution in [0.15, 0.2) is 72.8 Å². The number of rotatable bonds is 19. The van der Waals surface area contributed by atoms with Crippen LogP contribution in [0.5, 0.6) is 0 Å². The Morgan fingerprint density at radius 3 is 2.12 bits per heavy atom. The molecule has 0 radical (unpaired) electrons. The van der Waals surface area contributed by atoms with Crippen molar-refractivity contribution in [1.82, 2.24) is 4.72 Å². The van der Waals surface area contributed by atoms with Crippen LogP contribution >= 0.6 is 0 Å².